The number of rotatable bonds is 15. The van der Waals surface area contributed by atoms with Crippen LogP contribution in [0.1, 0.15) is 90.4 Å². The molecule has 0 aromatic carbocycles. The first-order valence-corrected chi connectivity index (χ1v) is 9.32. The molecule has 0 saturated heterocycles. The fourth-order valence-electron chi connectivity index (χ4n) is 3.30. The van der Waals surface area contributed by atoms with E-state index in [1.165, 1.54) is 77.0 Å². The van der Waals surface area contributed by atoms with Crippen molar-refractivity contribution in [1.82, 2.24) is 5.43 Å². The van der Waals surface area contributed by atoms with E-state index in [0.29, 0.717) is 12.1 Å². The number of hydrogen-bond donors (Lipinski definition) is 2. The summed E-state index contributed by atoms with van der Waals surface area (Å²) in [6.45, 7) is 2.28. The summed E-state index contributed by atoms with van der Waals surface area (Å²) in [6, 6.07) is 0.344. The van der Waals surface area contributed by atoms with Crippen molar-refractivity contribution in [3.05, 3.63) is 0 Å². The number of hydrazine groups is 1. The van der Waals surface area contributed by atoms with E-state index in [4.69, 9.17) is 10.6 Å². The first-order valence-electron chi connectivity index (χ1n) is 9.32. The number of hydrogen-bond acceptors (Lipinski definition) is 3. The molecule has 1 rings (SSSR count). The maximum Gasteiger partial charge on any atom is 0.0765 e. The summed E-state index contributed by atoms with van der Waals surface area (Å²) in [4.78, 5) is 0. The number of nitrogens with one attached hydrogen (secondary N) is 1. The second kappa shape index (κ2) is 12.4. The van der Waals surface area contributed by atoms with Gasteiger partial charge in [0.2, 0.25) is 0 Å². The molecule has 1 fully saturated rings. The number of unbranched alkanes of at least 4 members (excludes halogenated alkanes) is 9. The van der Waals surface area contributed by atoms with Gasteiger partial charge in [-0.1, -0.05) is 71.1 Å². The van der Waals surface area contributed by atoms with Gasteiger partial charge in [-0.3, -0.25) is 11.3 Å². The molecule has 21 heavy (non-hydrogen) atoms. The largest absolute Gasteiger partial charge is 0.379 e. The number of ether oxygens (including phenoxy) is 1. The fourth-order valence-corrected chi connectivity index (χ4v) is 3.30. The Balaban J connectivity index is 1.92. The SMILES string of the molecule is CCCCCCCCCCCCC(NN)C(OC)C1CC1. The summed E-state index contributed by atoms with van der Waals surface area (Å²) < 4.78 is 5.63. The summed E-state index contributed by atoms with van der Waals surface area (Å²) in [5.74, 6) is 6.45. The van der Waals surface area contributed by atoms with Gasteiger partial charge in [-0.05, 0) is 25.2 Å². The highest BCUT2D eigenvalue weighted by Crippen LogP contribution is 2.36. The minimum atomic E-state index is 0.327. The maximum absolute atomic E-state index is 5.71. The van der Waals surface area contributed by atoms with Crippen LogP contribution in [0.15, 0.2) is 0 Å². The van der Waals surface area contributed by atoms with Gasteiger partial charge in [0.1, 0.15) is 0 Å². The monoisotopic (exact) mass is 298 g/mol. The van der Waals surface area contributed by atoms with Gasteiger partial charge in [-0.15, -0.1) is 0 Å². The van der Waals surface area contributed by atoms with Crippen LogP contribution in [0.5, 0.6) is 0 Å². The van der Waals surface area contributed by atoms with Crippen LogP contribution in [-0.4, -0.2) is 19.3 Å². The number of methoxy groups -OCH3 is 1. The lowest BCUT2D eigenvalue weighted by Crippen LogP contribution is -2.45. The van der Waals surface area contributed by atoms with E-state index in [0.717, 1.165) is 12.3 Å². The molecule has 1 aliphatic rings. The Morgan fingerprint density at radius 2 is 1.48 bits per heavy atom. The maximum atomic E-state index is 5.71. The zero-order valence-electron chi connectivity index (χ0n) is 14.4. The van der Waals surface area contributed by atoms with Crippen LogP contribution in [0.25, 0.3) is 0 Å². The lowest BCUT2D eigenvalue weighted by atomic mass is 9.99. The summed E-state index contributed by atoms with van der Waals surface area (Å²) in [6.07, 6.45) is 18.0. The van der Waals surface area contributed by atoms with Gasteiger partial charge in [-0.2, -0.15) is 0 Å². The third-order valence-electron chi connectivity index (χ3n) is 4.84. The van der Waals surface area contributed by atoms with Gasteiger partial charge in [0.15, 0.2) is 0 Å². The van der Waals surface area contributed by atoms with E-state index in [1.807, 2.05) is 7.11 Å². The third-order valence-corrected chi connectivity index (χ3v) is 4.84. The molecule has 0 amide bonds. The Hall–Kier alpha value is -0.120. The van der Waals surface area contributed by atoms with E-state index >= 15 is 0 Å². The first kappa shape index (κ1) is 18.9. The van der Waals surface area contributed by atoms with Crippen molar-refractivity contribution < 1.29 is 4.74 Å². The van der Waals surface area contributed by atoms with E-state index in [-0.39, 0.29) is 0 Å². The van der Waals surface area contributed by atoms with Crippen LogP contribution < -0.4 is 11.3 Å². The molecule has 1 aliphatic carbocycles. The second-order valence-corrected chi connectivity index (χ2v) is 6.78. The predicted octanol–water partition coefficient (Wildman–Crippen LogP) is 4.55. The van der Waals surface area contributed by atoms with Gasteiger partial charge in [0.25, 0.3) is 0 Å². The second-order valence-electron chi connectivity index (χ2n) is 6.78. The summed E-state index contributed by atoms with van der Waals surface area (Å²) in [5.41, 5.74) is 2.98. The van der Waals surface area contributed by atoms with E-state index in [2.05, 4.69) is 12.3 Å². The van der Waals surface area contributed by atoms with Crippen molar-refractivity contribution in [2.75, 3.05) is 7.11 Å². The summed E-state index contributed by atoms with van der Waals surface area (Å²) in [7, 11) is 1.83. The Bertz CT molecular complexity index is 231. The van der Waals surface area contributed by atoms with Gasteiger partial charge in [-0.25, -0.2) is 0 Å². The molecule has 2 unspecified atom stereocenters. The molecule has 3 N–H and O–H groups in total. The molecular formula is C18H38N2O. The molecule has 0 radical (unpaired) electrons. The minimum absolute atomic E-state index is 0.327. The minimum Gasteiger partial charge on any atom is -0.379 e. The molecule has 0 aromatic rings. The molecular weight excluding hydrogens is 260 g/mol. The van der Waals surface area contributed by atoms with Crippen LogP contribution in [-0.2, 0) is 4.74 Å². The quantitative estimate of drug-likeness (QED) is 0.265. The smallest absolute Gasteiger partial charge is 0.0765 e. The summed E-state index contributed by atoms with van der Waals surface area (Å²) in [5, 5.41) is 0. The fraction of sp³-hybridized carbons (Fsp3) is 1.00. The van der Waals surface area contributed by atoms with Crippen molar-refractivity contribution >= 4 is 0 Å². The highest BCUT2D eigenvalue weighted by atomic mass is 16.5. The molecule has 2 atom stereocenters. The first-order chi connectivity index (χ1) is 10.3. The Kier molecular flexibility index (Phi) is 11.2. The van der Waals surface area contributed by atoms with Gasteiger partial charge in [0.05, 0.1) is 6.10 Å². The van der Waals surface area contributed by atoms with E-state index in [1.54, 1.807) is 0 Å². The Labute approximate surface area is 132 Å². The van der Waals surface area contributed by atoms with Gasteiger partial charge in [0, 0.05) is 13.2 Å². The van der Waals surface area contributed by atoms with E-state index in [9.17, 15) is 0 Å². The predicted molar refractivity (Wildman–Crippen MR) is 91.1 cm³/mol. The summed E-state index contributed by atoms with van der Waals surface area (Å²) >= 11 is 0. The molecule has 126 valence electrons. The third kappa shape index (κ3) is 8.80. The van der Waals surface area contributed by atoms with Crippen molar-refractivity contribution in [3.8, 4) is 0 Å². The van der Waals surface area contributed by atoms with Crippen LogP contribution in [0.3, 0.4) is 0 Å². The molecule has 0 spiro atoms. The van der Waals surface area contributed by atoms with Crippen LogP contribution in [0.4, 0.5) is 0 Å². The van der Waals surface area contributed by atoms with Gasteiger partial charge >= 0.3 is 0 Å². The van der Waals surface area contributed by atoms with Crippen LogP contribution >= 0.6 is 0 Å². The lowest BCUT2D eigenvalue weighted by molar-refractivity contribution is 0.0475. The van der Waals surface area contributed by atoms with Gasteiger partial charge < -0.3 is 4.74 Å². The average Bonchev–Trinajstić information content (AvgIpc) is 3.32. The van der Waals surface area contributed by atoms with Crippen molar-refractivity contribution in [2.24, 2.45) is 11.8 Å². The highest BCUT2D eigenvalue weighted by molar-refractivity contribution is 4.89. The van der Waals surface area contributed by atoms with Crippen LogP contribution in [0.2, 0.25) is 0 Å². The molecule has 1 saturated carbocycles. The Morgan fingerprint density at radius 3 is 1.90 bits per heavy atom. The molecule has 0 heterocycles. The normalized spacial score (nSPS) is 17.9. The van der Waals surface area contributed by atoms with E-state index < -0.39 is 0 Å². The van der Waals surface area contributed by atoms with Crippen molar-refractivity contribution in [2.45, 2.75) is 103 Å². The molecule has 0 aliphatic heterocycles. The molecule has 3 heteroatoms. The zero-order chi connectivity index (χ0) is 15.3. The van der Waals surface area contributed by atoms with Crippen molar-refractivity contribution in [1.29, 1.82) is 0 Å². The number of nitrogens with two attached hydrogens (primary N) is 1. The highest BCUT2D eigenvalue weighted by Gasteiger charge is 2.36. The van der Waals surface area contributed by atoms with Crippen molar-refractivity contribution in [3.63, 3.8) is 0 Å². The average molecular weight is 299 g/mol. The molecule has 0 aromatic heterocycles. The molecule has 3 nitrogen and oxygen atoms in total. The Morgan fingerprint density at radius 1 is 0.952 bits per heavy atom. The standard InChI is InChI=1S/C18H38N2O/c1-3-4-5-6-7-8-9-10-11-12-13-17(20-19)18(21-2)16-14-15-16/h16-18,20H,3-15,19H2,1-2H3. The molecule has 0 bridgehead atoms. The van der Waals surface area contributed by atoms with Crippen LogP contribution in [0, 0.1) is 5.92 Å². The zero-order valence-corrected chi connectivity index (χ0v) is 14.4. The lowest BCUT2D eigenvalue weighted by Gasteiger charge is -2.25. The topological polar surface area (TPSA) is 47.3 Å².